The first-order chi connectivity index (χ1) is 8.77. The van der Waals surface area contributed by atoms with Crippen LogP contribution < -0.4 is 5.73 Å². The van der Waals surface area contributed by atoms with Crippen LogP contribution in [0.25, 0.3) is 22.6 Å². The fraction of sp³-hybridized carbons (Fsp3) is 0.0833. The highest BCUT2D eigenvalue weighted by molar-refractivity contribution is 5.84. The fourth-order valence-electron chi connectivity index (χ4n) is 1.85. The Kier molecular flexibility index (Phi) is 2.33. The molecular formula is C12H11N5O. The minimum atomic E-state index is 0.277. The van der Waals surface area contributed by atoms with E-state index in [0.717, 1.165) is 11.1 Å². The number of pyridine rings is 1. The molecule has 3 heterocycles. The van der Waals surface area contributed by atoms with Crippen molar-refractivity contribution in [2.24, 2.45) is 7.05 Å². The second-order valence-electron chi connectivity index (χ2n) is 3.87. The molecule has 0 unspecified atom stereocenters. The topological polar surface area (TPSA) is 82.8 Å². The molecule has 3 aromatic rings. The Labute approximate surface area is 103 Å². The summed E-state index contributed by atoms with van der Waals surface area (Å²) in [6.07, 6.45) is 6.95. The maximum atomic E-state index is 5.84. The third-order valence-electron chi connectivity index (χ3n) is 2.72. The molecule has 0 bridgehead atoms. The van der Waals surface area contributed by atoms with Crippen molar-refractivity contribution in [2.75, 3.05) is 5.73 Å². The lowest BCUT2D eigenvalue weighted by atomic mass is 10.1. The normalized spacial score (nSPS) is 10.7. The number of imidazole rings is 1. The van der Waals surface area contributed by atoms with E-state index >= 15 is 0 Å². The number of anilines is 1. The van der Waals surface area contributed by atoms with Crippen LogP contribution >= 0.6 is 0 Å². The smallest absolute Gasteiger partial charge is 0.230 e. The monoisotopic (exact) mass is 241 g/mol. The molecule has 0 spiro atoms. The number of rotatable bonds is 2. The lowest BCUT2D eigenvalue weighted by molar-refractivity contribution is 0.438. The molecule has 0 aromatic carbocycles. The van der Waals surface area contributed by atoms with E-state index in [2.05, 4.69) is 15.1 Å². The predicted octanol–water partition coefficient (Wildman–Crippen LogP) is 1.72. The Hall–Kier alpha value is -2.63. The largest absolute Gasteiger partial charge is 0.367 e. The third-order valence-corrected chi connectivity index (χ3v) is 2.72. The number of nitrogens with two attached hydrogens (primary N) is 1. The Bertz CT molecular complexity index is 671. The van der Waals surface area contributed by atoms with Gasteiger partial charge < -0.3 is 14.8 Å². The molecule has 0 saturated carbocycles. The standard InChI is InChI=1S/C12H11N5O/c1-17-7-6-15-12(17)10-9(11(13)18-16-10)8-2-4-14-5-3-8/h2-7H,13H2,1H3. The maximum absolute atomic E-state index is 5.84. The van der Waals surface area contributed by atoms with E-state index < -0.39 is 0 Å². The zero-order chi connectivity index (χ0) is 12.5. The molecule has 0 aliphatic rings. The molecule has 0 atom stereocenters. The molecule has 2 N–H and O–H groups in total. The number of hydrogen-bond acceptors (Lipinski definition) is 5. The Morgan fingerprint density at radius 1 is 1.22 bits per heavy atom. The van der Waals surface area contributed by atoms with E-state index in [4.69, 9.17) is 10.3 Å². The van der Waals surface area contributed by atoms with Gasteiger partial charge in [-0.1, -0.05) is 5.16 Å². The highest BCUT2D eigenvalue weighted by atomic mass is 16.5. The SMILES string of the molecule is Cn1ccnc1-c1noc(N)c1-c1ccncc1. The maximum Gasteiger partial charge on any atom is 0.230 e. The fourth-order valence-corrected chi connectivity index (χ4v) is 1.85. The van der Waals surface area contributed by atoms with E-state index in [0.29, 0.717) is 11.5 Å². The summed E-state index contributed by atoms with van der Waals surface area (Å²) in [5.74, 6) is 0.987. The average Bonchev–Trinajstić information content (AvgIpc) is 2.96. The van der Waals surface area contributed by atoms with Gasteiger partial charge in [-0.15, -0.1) is 0 Å². The van der Waals surface area contributed by atoms with Crippen LogP contribution in [-0.4, -0.2) is 19.7 Å². The quantitative estimate of drug-likeness (QED) is 0.738. The van der Waals surface area contributed by atoms with Gasteiger partial charge in [0.15, 0.2) is 11.5 Å². The van der Waals surface area contributed by atoms with Crippen LogP contribution in [0.15, 0.2) is 41.4 Å². The van der Waals surface area contributed by atoms with Crippen molar-refractivity contribution >= 4 is 5.88 Å². The van der Waals surface area contributed by atoms with Gasteiger partial charge in [-0.05, 0) is 17.7 Å². The predicted molar refractivity (Wildman–Crippen MR) is 66.3 cm³/mol. The van der Waals surface area contributed by atoms with Crippen molar-refractivity contribution in [3.8, 4) is 22.6 Å². The van der Waals surface area contributed by atoms with Crippen LogP contribution in [0.4, 0.5) is 5.88 Å². The van der Waals surface area contributed by atoms with Crippen LogP contribution in [0.1, 0.15) is 0 Å². The number of hydrogen-bond donors (Lipinski definition) is 1. The lowest BCUT2D eigenvalue weighted by Crippen LogP contribution is -1.94. The number of aryl methyl sites for hydroxylation is 1. The summed E-state index contributed by atoms with van der Waals surface area (Å²) < 4.78 is 6.95. The minimum Gasteiger partial charge on any atom is -0.367 e. The van der Waals surface area contributed by atoms with Crippen molar-refractivity contribution in [3.05, 3.63) is 36.9 Å². The van der Waals surface area contributed by atoms with Crippen molar-refractivity contribution < 1.29 is 4.52 Å². The Morgan fingerprint density at radius 2 is 2.00 bits per heavy atom. The molecule has 0 fully saturated rings. The first kappa shape index (κ1) is 10.5. The summed E-state index contributed by atoms with van der Waals surface area (Å²) in [4.78, 5) is 8.24. The van der Waals surface area contributed by atoms with Crippen molar-refractivity contribution in [1.82, 2.24) is 19.7 Å². The zero-order valence-electron chi connectivity index (χ0n) is 9.74. The van der Waals surface area contributed by atoms with Gasteiger partial charge in [0, 0.05) is 31.8 Å². The van der Waals surface area contributed by atoms with Crippen LogP contribution in [0.3, 0.4) is 0 Å². The zero-order valence-corrected chi connectivity index (χ0v) is 9.74. The first-order valence-electron chi connectivity index (χ1n) is 5.40. The minimum absolute atomic E-state index is 0.277. The van der Waals surface area contributed by atoms with Crippen molar-refractivity contribution in [2.45, 2.75) is 0 Å². The van der Waals surface area contributed by atoms with Gasteiger partial charge in [-0.2, -0.15) is 0 Å². The molecule has 3 aromatic heterocycles. The summed E-state index contributed by atoms with van der Waals surface area (Å²) >= 11 is 0. The lowest BCUT2D eigenvalue weighted by Gasteiger charge is -2.02. The first-order valence-corrected chi connectivity index (χ1v) is 5.40. The molecular weight excluding hydrogens is 230 g/mol. The molecule has 90 valence electrons. The van der Waals surface area contributed by atoms with Crippen molar-refractivity contribution in [1.29, 1.82) is 0 Å². The van der Waals surface area contributed by atoms with Crippen LogP contribution in [0.5, 0.6) is 0 Å². The van der Waals surface area contributed by atoms with Gasteiger partial charge in [0.1, 0.15) is 0 Å². The number of aromatic nitrogens is 4. The van der Waals surface area contributed by atoms with Crippen LogP contribution in [0, 0.1) is 0 Å². The van der Waals surface area contributed by atoms with Gasteiger partial charge in [-0.3, -0.25) is 4.98 Å². The van der Waals surface area contributed by atoms with Gasteiger partial charge in [0.25, 0.3) is 0 Å². The highest BCUT2D eigenvalue weighted by Crippen LogP contribution is 2.34. The van der Waals surface area contributed by atoms with Crippen LogP contribution in [-0.2, 0) is 7.05 Å². The highest BCUT2D eigenvalue weighted by Gasteiger charge is 2.19. The molecule has 0 radical (unpaired) electrons. The molecule has 0 amide bonds. The summed E-state index contributed by atoms with van der Waals surface area (Å²) in [5, 5.41) is 3.99. The van der Waals surface area contributed by atoms with Gasteiger partial charge >= 0.3 is 0 Å². The molecule has 18 heavy (non-hydrogen) atoms. The summed E-state index contributed by atoms with van der Waals surface area (Å²) in [5.41, 5.74) is 8.12. The third kappa shape index (κ3) is 1.55. The molecule has 6 nitrogen and oxygen atoms in total. The van der Waals surface area contributed by atoms with E-state index in [-0.39, 0.29) is 5.88 Å². The molecule has 0 saturated heterocycles. The van der Waals surface area contributed by atoms with Gasteiger partial charge in [0.05, 0.1) is 5.56 Å². The summed E-state index contributed by atoms with van der Waals surface area (Å²) in [6, 6.07) is 3.71. The Balaban J connectivity index is 2.22. The average molecular weight is 241 g/mol. The van der Waals surface area contributed by atoms with Crippen LogP contribution in [0.2, 0.25) is 0 Å². The van der Waals surface area contributed by atoms with E-state index in [1.807, 2.05) is 29.9 Å². The molecule has 6 heteroatoms. The molecule has 0 aliphatic carbocycles. The Morgan fingerprint density at radius 3 is 2.67 bits per heavy atom. The summed E-state index contributed by atoms with van der Waals surface area (Å²) in [7, 11) is 1.89. The van der Waals surface area contributed by atoms with Gasteiger partial charge in [-0.25, -0.2) is 4.98 Å². The van der Waals surface area contributed by atoms with Gasteiger partial charge in [0.2, 0.25) is 5.88 Å². The van der Waals surface area contributed by atoms with E-state index in [9.17, 15) is 0 Å². The second-order valence-corrected chi connectivity index (χ2v) is 3.87. The van der Waals surface area contributed by atoms with Crippen molar-refractivity contribution in [3.63, 3.8) is 0 Å². The van der Waals surface area contributed by atoms with E-state index in [1.165, 1.54) is 0 Å². The molecule has 3 rings (SSSR count). The van der Waals surface area contributed by atoms with E-state index in [1.54, 1.807) is 18.6 Å². The summed E-state index contributed by atoms with van der Waals surface area (Å²) in [6.45, 7) is 0. The number of nitrogens with zero attached hydrogens (tertiary/aromatic N) is 4. The molecule has 0 aliphatic heterocycles. The number of nitrogen functional groups attached to an aromatic ring is 1. The second kappa shape index (κ2) is 3.99.